The van der Waals surface area contributed by atoms with Crippen molar-refractivity contribution >= 4 is 89.5 Å². The summed E-state index contributed by atoms with van der Waals surface area (Å²) in [5, 5.41) is 45.4. The smallest absolute Gasteiger partial charge is 0.327 e. The Morgan fingerprint density at radius 2 is 1.21 bits per heavy atom. The van der Waals surface area contributed by atoms with Crippen molar-refractivity contribution in [1.29, 1.82) is 5.41 Å². The Bertz CT molecular complexity index is 2370. The molecule has 25 heteroatoms. The lowest BCUT2D eigenvalue weighted by atomic mass is 10.0. The van der Waals surface area contributed by atoms with Gasteiger partial charge in [-0.3, -0.25) is 39.0 Å². The minimum atomic E-state index is -1.47. The van der Waals surface area contributed by atoms with Gasteiger partial charge in [-0.25, -0.2) is 9.78 Å². The van der Waals surface area contributed by atoms with Gasteiger partial charge in [-0.2, -0.15) is 25.3 Å². The Kier molecular flexibility index (Phi) is 21.1. The van der Waals surface area contributed by atoms with Crippen LogP contribution in [0.1, 0.15) is 42.5 Å². The molecule has 0 aliphatic rings. The molecular formula is C43H57N13O10S2. The molecule has 0 saturated heterocycles. The molecule has 0 aliphatic carbocycles. The van der Waals surface area contributed by atoms with Crippen molar-refractivity contribution in [3.8, 4) is 0 Å². The van der Waals surface area contributed by atoms with E-state index in [1.807, 2.05) is 6.07 Å². The Morgan fingerprint density at radius 3 is 1.78 bits per heavy atom. The average molecular weight is 980 g/mol. The Hall–Kier alpha value is -7.12. The van der Waals surface area contributed by atoms with E-state index in [1.165, 1.54) is 12.5 Å². The van der Waals surface area contributed by atoms with E-state index in [0.717, 1.165) is 10.9 Å². The fourth-order valence-electron chi connectivity index (χ4n) is 6.85. The first kappa shape index (κ1) is 53.5. The summed E-state index contributed by atoms with van der Waals surface area (Å²) < 4.78 is 0. The summed E-state index contributed by atoms with van der Waals surface area (Å²) in [6.45, 7) is 0.101. The van der Waals surface area contributed by atoms with Crippen LogP contribution in [0, 0.1) is 5.41 Å². The average Bonchev–Trinajstić information content (AvgIpc) is 3.99. The van der Waals surface area contributed by atoms with E-state index in [0.29, 0.717) is 16.8 Å². The summed E-state index contributed by atoms with van der Waals surface area (Å²) >= 11 is 8.06. The van der Waals surface area contributed by atoms with E-state index >= 15 is 0 Å². The normalized spacial score (nSPS) is 14.1. The van der Waals surface area contributed by atoms with E-state index in [1.54, 1.807) is 54.7 Å². The van der Waals surface area contributed by atoms with Gasteiger partial charge < -0.3 is 68.9 Å². The van der Waals surface area contributed by atoms with Gasteiger partial charge in [0.15, 0.2) is 5.96 Å². The van der Waals surface area contributed by atoms with Gasteiger partial charge in [-0.1, -0.05) is 48.5 Å². The Morgan fingerprint density at radius 1 is 0.662 bits per heavy atom. The van der Waals surface area contributed by atoms with Gasteiger partial charge in [-0.05, 0) is 36.5 Å². The molecule has 0 spiro atoms. The van der Waals surface area contributed by atoms with Crippen LogP contribution in [0.15, 0.2) is 73.3 Å². The first-order chi connectivity index (χ1) is 32.5. The summed E-state index contributed by atoms with van der Waals surface area (Å²) in [7, 11) is 0. The quantitative estimate of drug-likeness (QED) is 0.0130. The number of carboxylic acid groups (broad SMARTS) is 2. The molecule has 23 nitrogen and oxygen atoms in total. The largest absolute Gasteiger partial charge is 0.481 e. The molecule has 0 unspecified atom stereocenters. The molecule has 68 heavy (non-hydrogen) atoms. The maximum atomic E-state index is 14.5. The third-order valence-corrected chi connectivity index (χ3v) is 11.2. The number of aromatic nitrogens is 3. The molecule has 16 N–H and O–H groups in total. The van der Waals surface area contributed by atoms with Crippen molar-refractivity contribution in [2.24, 2.45) is 11.5 Å². The molecule has 0 aliphatic heterocycles. The van der Waals surface area contributed by atoms with E-state index in [2.05, 4.69) is 77.4 Å². The number of rotatable bonds is 28. The zero-order valence-corrected chi connectivity index (χ0v) is 38.5. The number of carbonyl (C=O) groups is 8. The predicted octanol–water partition coefficient (Wildman–Crippen LogP) is -1.77. The predicted molar refractivity (Wildman–Crippen MR) is 255 cm³/mol. The van der Waals surface area contributed by atoms with Gasteiger partial charge in [0, 0.05) is 67.0 Å². The fourth-order valence-corrected chi connectivity index (χ4v) is 7.27. The van der Waals surface area contributed by atoms with Crippen molar-refractivity contribution in [1.82, 2.24) is 52.2 Å². The molecule has 0 bridgehead atoms. The highest BCUT2D eigenvalue weighted by molar-refractivity contribution is 7.80. The molecular weight excluding hydrogens is 923 g/mol. The van der Waals surface area contributed by atoms with Crippen LogP contribution in [-0.2, 0) is 57.6 Å². The molecule has 2 aromatic heterocycles. The van der Waals surface area contributed by atoms with E-state index < -0.39 is 96.1 Å². The lowest BCUT2D eigenvalue weighted by molar-refractivity contribution is -0.141. The van der Waals surface area contributed by atoms with Gasteiger partial charge in [-0.15, -0.1) is 0 Å². The topological polar surface area (TPSA) is 382 Å². The summed E-state index contributed by atoms with van der Waals surface area (Å²) in [6, 6.07) is 6.09. The maximum absolute atomic E-state index is 14.5. The molecule has 0 radical (unpaired) electrons. The summed E-state index contributed by atoms with van der Waals surface area (Å²) in [6.07, 6.45) is 3.15. The number of para-hydroxylation sites is 1. The molecule has 2 heterocycles. The molecule has 7 atom stereocenters. The van der Waals surface area contributed by atoms with Crippen molar-refractivity contribution in [3.05, 3.63) is 90.1 Å². The highest BCUT2D eigenvalue weighted by Crippen LogP contribution is 2.20. The first-order valence-corrected chi connectivity index (χ1v) is 22.6. The number of hydrogen-bond acceptors (Lipinski definition) is 13. The summed E-state index contributed by atoms with van der Waals surface area (Å²) in [4.78, 5) is 117. The number of guanidine groups is 1. The molecule has 2 aromatic carbocycles. The number of carbonyl (C=O) groups excluding carboxylic acids is 6. The minimum Gasteiger partial charge on any atom is -0.481 e. The fraction of sp³-hybridized carbons (Fsp3) is 0.395. The molecule has 6 amide bonds. The molecule has 0 fully saturated rings. The number of aliphatic carboxylic acids is 2. The number of nitrogens with two attached hydrogens (primary N) is 2. The highest BCUT2D eigenvalue weighted by atomic mass is 32.1. The van der Waals surface area contributed by atoms with E-state index in [9.17, 15) is 48.6 Å². The van der Waals surface area contributed by atoms with Crippen LogP contribution in [0.25, 0.3) is 10.9 Å². The number of imidazole rings is 1. The number of fused-ring (bicyclic) bond motifs is 1. The second-order valence-corrected chi connectivity index (χ2v) is 16.3. The standard InChI is InChI=1S/C43H57N13O10S2/c44-27(20-67)36(59)51-30(12-13-35(57)58)38(61)55-33(17-25-19-47-22-50-25)41(64)53-31(15-23-7-2-1-3-8-23)39(62)52-29(11-6-14-48-43(45)46)37(60)54-32(40(63)56-34(21-68)42(65)66)16-24-18-49-28-10-5-4-9-26(24)28/h1-5,7-10,18-19,22,27,29-34,49,67-68H,6,11-17,20-21,44H2,(H,47,50)(H,51,59)(H,52,62)(H,53,64)(H,54,60)(H,55,61)(H,56,63)(H,57,58)(H,65,66)(H4,45,46,48)/t27-,29-,30-,31+,32-,33-,34-/m0/s1. The Balaban J connectivity index is 1.66. The van der Waals surface area contributed by atoms with Crippen molar-refractivity contribution in [3.63, 3.8) is 0 Å². The van der Waals surface area contributed by atoms with Crippen LogP contribution in [0.2, 0.25) is 0 Å². The second-order valence-electron chi connectivity index (χ2n) is 15.6. The number of benzene rings is 2. The third kappa shape index (κ3) is 16.9. The zero-order valence-electron chi connectivity index (χ0n) is 36.7. The van der Waals surface area contributed by atoms with Crippen LogP contribution in [-0.4, -0.2) is 139 Å². The number of nitrogens with one attached hydrogen (secondary N) is 10. The monoisotopic (exact) mass is 979 g/mol. The number of nitrogens with zero attached hydrogens (tertiary/aromatic N) is 1. The summed E-state index contributed by atoms with van der Waals surface area (Å²) in [5.41, 5.74) is 13.5. The summed E-state index contributed by atoms with van der Waals surface area (Å²) in [5.74, 6) is -8.48. The molecule has 4 aromatic rings. The first-order valence-electron chi connectivity index (χ1n) is 21.4. The van der Waals surface area contributed by atoms with Crippen LogP contribution < -0.4 is 48.7 Å². The molecule has 366 valence electrons. The maximum Gasteiger partial charge on any atom is 0.327 e. The van der Waals surface area contributed by atoms with Crippen molar-refractivity contribution in [2.75, 3.05) is 18.1 Å². The number of hydrogen-bond donors (Lipinski definition) is 16. The van der Waals surface area contributed by atoms with Gasteiger partial charge in [0.1, 0.15) is 36.3 Å². The number of aromatic amines is 2. The second kappa shape index (κ2) is 26.9. The number of H-pyrrole nitrogens is 2. The molecule has 4 rings (SSSR count). The van der Waals surface area contributed by atoms with Crippen molar-refractivity contribution < 1.29 is 48.6 Å². The van der Waals surface area contributed by atoms with E-state index in [4.69, 9.17) is 16.9 Å². The third-order valence-electron chi connectivity index (χ3n) is 10.5. The van der Waals surface area contributed by atoms with Gasteiger partial charge >= 0.3 is 11.9 Å². The van der Waals surface area contributed by atoms with E-state index in [-0.39, 0.29) is 62.5 Å². The number of amides is 6. The zero-order chi connectivity index (χ0) is 49.8. The van der Waals surface area contributed by atoms with Gasteiger partial charge in [0.2, 0.25) is 35.4 Å². The van der Waals surface area contributed by atoms with Crippen molar-refractivity contribution in [2.45, 2.75) is 87.2 Å². The highest BCUT2D eigenvalue weighted by Gasteiger charge is 2.34. The lowest BCUT2D eigenvalue weighted by Gasteiger charge is -2.27. The van der Waals surface area contributed by atoms with Gasteiger partial charge in [0.25, 0.3) is 0 Å². The number of thiol groups is 2. The lowest BCUT2D eigenvalue weighted by Crippen LogP contribution is -2.60. The van der Waals surface area contributed by atoms with Crippen LogP contribution in [0.3, 0.4) is 0 Å². The molecule has 0 saturated carbocycles. The Labute approximate surface area is 401 Å². The van der Waals surface area contributed by atoms with Crippen LogP contribution in [0.4, 0.5) is 0 Å². The minimum absolute atomic E-state index is 0.0855. The van der Waals surface area contributed by atoms with Crippen LogP contribution in [0.5, 0.6) is 0 Å². The SMILES string of the molecule is N=C(N)NCCC[C@H](NC(=O)[C@@H](Cc1ccccc1)NC(=O)[C@H](Cc1c[nH]cn1)NC(=O)[C@H](CCC(=O)O)NC(=O)[C@@H](N)CS)C(=O)N[C@@H](Cc1c[nH]c2ccccc12)C(=O)N[C@@H](CS)C(=O)O. The number of carboxylic acids is 2. The van der Waals surface area contributed by atoms with Crippen LogP contribution >= 0.6 is 25.3 Å². The van der Waals surface area contributed by atoms with Gasteiger partial charge in [0.05, 0.1) is 18.1 Å².